The molecule has 0 heterocycles. The molecule has 2 rings (SSSR count). The molecule has 0 radical (unpaired) electrons. The van der Waals surface area contributed by atoms with Crippen LogP contribution in [0, 0.1) is 0 Å². The summed E-state index contributed by atoms with van der Waals surface area (Å²) in [5.41, 5.74) is 7.62. The first-order valence-corrected chi connectivity index (χ1v) is 6.49. The molecule has 0 atom stereocenters. The van der Waals surface area contributed by atoms with E-state index in [1.165, 1.54) is 14.2 Å². The number of carbonyl (C=O) groups is 1. The van der Waals surface area contributed by atoms with Crippen LogP contribution in [0.25, 0.3) is 0 Å². The number of ether oxygens (including phenoxy) is 2. The van der Waals surface area contributed by atoms with Gasteiger partial charge in [-0.05, 0) is 11.6 Å². The molecule has 21 heavy (non-hydrogen) atoms. The number of rotatable bonds is 5. The van der Waals surface area contributed by atoms with E-state index < -0.39 is 0 Å². The fraction of sp³-hybridized carbons (Fsp3) is 0.188. The number of benzene rings is 2. The van der Waals surface area contributed by atoms with Crippen molar-refractivity contribution in [3.05, 3.63) is 53.6 Å². The lowest BCUT2D eigenvalue weighted by molar-refractivity contribution is 0.0951. The maximum absolute atomic E-state index is 12.2. The van der Waals surface area contributed by atoms with Crippen molar-refractivity contribution < 1.29 is 14.3 Å². The molecule has 5 nitrogen and oxygen atoms in total. The Morgan fingerprint density at radius 1 is 1.10 bits per heavy atom. The van der Waals surface area contributed by atoms with Crippen LogP contribution < -0.4 is 20.5 Å². The third-order valence-corrected chi connectivity index (χ3v) is 3.10. The largest absolute Gasteiger partial charge is 0.493 e. The number of nitrogen functional groups attached to an aromatic ring is 1. The van der Waals surface area contributed by atoms with E-state index in [-0.39, 0.29) is 5.91 Å². The Morgan fingerprint density at radius 2 is 1.71 bits per heavy atom. The standard InChI is InChI=1S/C16H18N2O3/c1-20-14-8-12(13(17)9-15(14)21-2)16(19)18-10-11-6-4-3-5-7-11/h3-9H,10,17H2,1-2H3,(H,18,19). The van der Waals surface area contributed by atoms with Gasteiger partial charge in [-0.1, -0.05) is 30.3 Å². The molecule has 0 aromatic heterocycles. The SMILES string of the molecule is COc1cc(N)c(C(=O)NCc2ccccc2)cc1OC. The summed E-state index contributed by atoms with van der Waals surface area (Å²) in [4.78, 5) is 12.2. The second-order valence-electron chi connectivity index (χ2n) is 4.46. The van der Waals surface area contributed by atoms with Crippen molar-refractivity contribution in [1.82, 2.24) is 5.32 Å². The highest BCUT2D eigenvalue weighted by Gasteiger charge is 2.14. The zero-order chi connectivity index (χ0) is 15.2. The minimum Gasteiger partial charge on any atom is -0.493 e. The van der Waals surface area contributed by atoms with Crippen molar-refractivity contribution in [2.24, 2.45) is 0 Å². The third-order valence-electron chi connectivity index (χ3n) is 3.10. The summed E-state index contributed by atoms with van der Waals surface area (Å²) in [6.45, 7) is 0.438. The fourth-order valence-electron chi connectivity index (χ4n) is 1.96. The number of nitrogens with one attached hydrogen (secondary N) is 1. The highest BCUT2D eigenvalue weighted by molar-refractivity contribution is 6.00. The summed E-state index contributed by atoms with van der Waals surface area (Å²) in [7, 11) is 3.03. The van der Waals surface area contributed by atoms with Gasteiger partial charge in [-0.2, -0.15) is 0 Å². The molecular formula is C16H18N2O3. The highest BCUT2D eigenvalue weighted by atomic mass is 16.5. The van der Waals surface area contributed by atoms with Crippen LogP contribution in [0.4, 0.5) is 5.69 Å². The molecule has 0 saturated heterocycles. The lowest BCUT2D eigenvalue weighted by atomic mass is 10.1. The monoisotopic (exact) mass is 286 g/mol. The molecule has 0 aliphatic carbocycles. The smallest absolute Gasteiger partial charge is 0.253 e. The zero-order valence-corrected chi connectivity index (χ0v) is 12.1. The quantitative estimate of drug-likeness (QED) is 0.827. The molecular weight excluding hydrogens is 268 g/mol. The minimum atomic E-state index is -0.252. The average Bonchev–Trinajstić information content (AvgIpc) is 2.53. The van der Waals surface area contributed by atoms with Gasteiger partial charge < -0.3 is 20.5 Å². The molecule has 0 aliphatic heterocycles. The van der Waals surface area contributed by atoms with Gasteiger partial charge in [-0.3, -0.25) is 4.79 Å². The predicted octanol–water partition coefficient (Wildman–Crippen LogP) is 2.22. The molecule has 0 bridgehead atoms. The van der Waals surface area contributed by atoms with Gasteiger partial charge in [0.25, 0.3) is 5.91 Å². The molecule has 3 N–H and O–H groups in total. The van der Waals surface area contributed by atoms with E-state index in [4.69, 9.17) is 15.2 Å². The third kappa shape index (κ3) is 3.45. The molecule has 1 amide bonds. The molecule has 0 aliphatic rings. The van der Waals surface area contributed by atoms with Gasteiger partial charge in [-0.25, -0.2) is 0 Å². The summed E-state index contributed by atoms with van der Waals surface area (Å²) >= 11 is 0. The van der Waals surface area contributed by atoms with Crippen molar-refractivity contribution in [1.29, 1.82) is 0 Å². The van der Waals surface area contributed by atoms with E-state index in [0.29, 0.717) is 29.3 Å². The summed E-state index contributed by atoms with van der Waals surface area (Å²) in [5.74, 6) is 0.712. The summed E-state index contributed by atoms with van der Waals surface area (Å²) in [5, 5.41) is 2.83. The Hall–Kier alpha value is -2.69. The molecule has 110 valence electrons. The highest BCUT2D eigenvalue weighted by Crippen LogP contribution is 2.31. The Morgan fingerprint density at radius 3 is 2.33 bits per heavy atom. The number of hydrogen-bond acceptors (Lipinski definition) is 4. The Kier molecular flexibility index (Phi) is 4.66. The number of amides is 1. The van der Waals surface area contributed by atoms with Crippen LogP contribution in [0.5, 0.6) is 11.5 Å². The van der Waals surface area contributed by atoms with Crippen LogP contribution in [-0.2, 0) is 6.54 Å². The van der Waals surface area contributed by atoms with Crippen LogP contribution in [0.15, 0.2) is 42.5 Å². The lowest BCUT2D eigenvalue weighted by Crippen LogP contribution is -2.23. The summed E-state index contributed by atoms with van der Waals surface area (Å²) < 4.78 is 10.3. The topological polar surface area (TPSA) is 73.6 Å². The van der Waals surface area contributed by atoms with E-state index in [0.717, 1.165) is 5.56 Å². The molecule has 0 saturated carbocycles. The van der Waals surface area contributed by atoms with E-state index >= 15 is 0 Å². The van der Waals surface area contributed by atoms with E-state index in [1.807, 2.05) is 30.3 Å². The first kappa shape index (κ1) is 14.7. The number of anilines is 1. The predicted molar refractivity (Wildman–Crippen MR) is 81.6 cm³/mol. The van der Waals surface area contributed by atoms with Crippen LogP contribution in [-0.4, -0.2) is 20.1 Å². The van der Waals surface area contributed by atoms with Gasteiger partial charge >= 0.3 is 0 Å². The zero-order valence-electron chi connectivity index (χ0n) is 12.1. The first-order chi connectivity index (χ1) is 10.2. The molecule has 0 spiro atoms. The van der Waals surface area contributed by atoms with E-state index in [2.05, 4.69) is 5.32 Å². The molecule has 5 heteroatoms. The molecule has 0 unspecified atom stereocenters. The van der Waals surface area contributed by atoms with Gasteiger partial charge in [0.05, 0.1) is 19.8 Å². The average molecular weight is 286 g/mol. The first-order valence-electron chi connectivity index (χ1n) is 6.49. The maximum atomic E-state index is 12.2. The van der Waals surface area contributed by atoms with Crippen LogP contribution >= 0.6 is 0 Å². The molecule has 2 aromatic rings. The van der Waals surface area contributed by atoms with Crippen molar-refractivity contribution in [2.75, 3.05) is 20.0 Å². The fourth-order valence-corrected chi connectivity index (χ4v) is 1.96. The number of nitrogens with two attached hydrogens (primary N) is 1. The van der Waals surface area contributed by atoms with Gasteiger partial charge in [0.1, 0.15) is 0 Å². The maximum Gasteiger partial charge on any atom is 0.253 e. The Labute approximate surface area is 123 Å². The molecule has 0 fully saturated rings. The second kappa shape index (κ2) is 6.65. The number of hydrogen-bond donors (Lipinski definition) is 2. The van der Waals surface area contributed by atoms with Gasteiger partial charge in [0.15, 0.2) is 11.5 Å². The lowest BCUT2D eigenvalue weighted by Gasteiger charge is -2.12. The summed E-state index contributed by atoms with van der Waals surface area (Å²) in [6, 6.07) is 12.8. The van der Waals surface area contributed by atoms with Crippen LogP contribution in [0.1, 0.15) is 15.9 Å². The Bertz CT molecular complexity index is 627. The van der Waals surface area contributed by atoms with Crippen molar-refractivity contribution in [2.45, 2.75) is 6.54 Å². The van der Waals surface area contributed by atoms with Gasteiger partial charge in [0, 0.05) is 18.3 Å². The van der Waals surface area contributed by atoms with Crippen LogP contribution in [0.3, 0.4) is 0 Å². The normalized spacial score (nSPS) is 10.0. The summed E-state index contributed by atoms with van der Waals surface area (Å²) in [6.07, 6.45) is 0. The van der Waals surface area contributed by atoms with Crippen LogP contribution in [0.2, 0.25) is 0 Å². The van der Waals surface area contributed by atoms with Gasteiger partial charge in [0.2, 0.25) is 0 Å². The minimum absolute atomic E-state index is 0.252. The number of carbonyl (C=O) groups excluding carboxylic acids is 1. The van der Waals surface area contributed by atoms with Gasteiger partial charge in [-0.15, -0.1) is 0 Å². The van der Waals surface area contributed by atoms with Crippen molar-refractivity contribution in [3.63, 3.8) is 0 Å². The van der Waals surface area contributed by atoms with Crippen molar-refractivity contribution >= 4 is 11.6 Å². The van der Waals surface area contributed by atoms with E-state index in [1.54, 1.807) is 12.1 Å². The number of methoxy groups -OCH3 is 2. The van der Waals surface area contributed by atoms with Crippen molar-refractivity contribution in [3.8, 4) is 11.5 Å². The molecule has 2 aromatic carbocycles. The second-order valence-corrected chi connectivity index (χ2v) is 4.46. The Balaban J connectivity index is 2.15. The van der Waals surface area contributed by atoms with E-state index in [9.17, 15) is 4.79 Å².